The van der Waals surface area contributed by atoms with Gasteiger partial charge in [-0.25, -0.2) is 17.5 Å². The first-order chi connectivity index (χ1) is 15.3. The van der Waals surface area contributed by atoms with Gasteiger partial charge in [0.2, 0.25) is 10.0 Å². The Bertz CT molecular complexity index is 1270. The van der Waals surface area contributed by atoms with E-state index in [4.69, 9.17) is 4.74 Å². The smallest absolute Gasteiger partial charge is 0.280 e. The van der Waals surface area contributed by atoms with Crippen LogP contribution in [0.2, 0.25) is 0 Å². The molecule has 0 saturated heterocycles. The molecular formula is C22H18FN3O5S. The number of ether oxygens (including phenoxy) is 1. The zero-order valence-electron chi connectivity index (χ0n) is 16.9. The number of nitrogens with zero attached hydrogens (tertiary/aromatic N) is 2. The van der Waals surface area contributed by atoms with Crippen molar-refractivity contribution in [3.8, 4) is 5.75 Å². The number of imide groups is 1. The lowest BCUT2D eigenvalue weighted by Gasteiger charge is -2.17. The number of carbonyl (C=O) groups excluding carboxylic acids is 2. The zero-order chi connectivity index (χ0) is 22.9. The number of sulfonamides is 1. The normalized spacial score (nSPS) is 13.4. The summed E-state index contributed by atoms with van der Waals surface area (Å²) in [5.41, 5.74) is 0.908. The minimum absolute atomic E-state index is 0.00153. The number of carbonyl (C=O) groups is 2. The van der Waals surface area contributed by atoms with Crippen LogP contribution in [0.3, 0.4) is 0 Å². The highest BCUT2D eigenvalue weighted by atomic mass is 32.2. The number of methoxy groups -OCH3 is 1. The van der Waals surface area contributed by atoms with E-state index >= 15 is 0 Å². The number of amides is 2. The standard InChI is InChI=1S/C22H18FN3O5S/c1-31-17-8-4-14(5-9-17)12-25-32(29,30)19-11-16(23)7-6-15(19)13-26-21(27)18-3-2-10-24-20(18)22(26)28/h2-11,25H,12-13H2,1H3. The number of pyridine rings is 1. The van der Waals surface area contributed by atoms with Gasteiger partial charge in [0.25, 0.3) is 11.8 Å². The third-order valence-electron chi connectivity index (χ3n) is 5.00. The van der Waals surface area contributed by atoms with Crippen molar-refractivity contribution in [1.29, 1.82) is 0 Å². The van der Waals surface area contributed by atoms with Gasteiger partial charge in [-0.15, -0.1) is 0 Å². The van der Waals surface area contributed by atoms with Crippen molar-refractivity contribution < 1.29 is 27.1 Å². The van der Waals surface area contributed by atoms with Crippen molar-refractivity contribution in [3.63, 3.8) is 0 Å². The van der Waals surface area contributed by atoms with E-state index in [1.54, 1.807) is 24.3 Å². The Balaban J connectivity index is 1.59. The van der Waals surface area contributed by atoms with Crippen LogP contribution in [0.1, 0.15) is 32.0 Å². The average Bonchev–Trinajstić information content (AvgIpc) is 3.04. The fourth-order valence-corrected chi connectivity index (χ4v) is 4.59. The Morgan fingerprint density at radius 1 is 1.06 bits per heavy atom. The number of hydrogen-bond donors (Lipinski definition) is 1. The summed E-state index contributed by atoms with van der Waals surface area (Å²) in [7, 11) is -2.64. The summed E-state index contributed by atoms with van der Waals surface area (Å²) in [6, 6.07) is 13.0. The van der Waals surface area contributed by atoms with Gasteiger partial charge < -0.3 is 4.74 Å². The number of halogens is 1. The van der Waals surface area contributed by atoms with E-state index in [9.17, 15) is 22.4 Å². The second kappa shape index (κ2) is 8.48. The first-order valence-corrected chi connectivity index (χ1v) is 11.0. The monoisotopic (exact) mass is 455 g/mol. The summed E-state index contributed by atoms with van der Waals surface area (Å²) in [6.45, 7) is -0.383. The molecule has 4 rings (SSSR count). The lowest BCUT2D eigenvalue weighted by Crippen LogP contribution is -2.31. The molecule has 32 heavy (non-hydrogen) atoms. The van der Waals surface area contributed by atoms with Crippen LogP contribution in [0, 0.1) is 5.82 Å². The van der Waals surface area contributed by atoms with Crippen molar-refractivity contribution in [2.24, 2.45) is 0 Å². The van der Waals surface area contributed by atoms with E-state index in [0.717, 1.165) is 17.0 Å². The summed E-state index contributed by atoms with van der Waals surface area (Å²) >= 11 is 0. The Morgan fingerprint density at radius 3 is 2.50 bits per heavy atom. The van der Waals surface area contributed by atoms with Gasteiger partial charge in [0, 0.05) is 12.7 Å². The highest BCUT2D eigenvalue weighted by molar-refractivity contribution is 7.89. The van der Waals surface area contributed by atoms with Crippen molar-refractivity contribution in [1.82, 2.24) is 14.6 Å². The third kappa shape index (κ3) is 4.10. The van der Waals surface area contributed by atoms with E-state index in [1.165, 1.54) is 31.5 Å². The van der Waals surface area contributed by atoms with Gasteiger partial charge in [-0.2, -0.15) is 0 Å². The Labute approximate surface area is 183 Å². The average molecular weight is 455 g/mol. The highest BCUT2D eigenvalue weighted by Gasteiger charge is 2.37. The van der Waals surface area contributed by atoms with Crippen LogP contribution in [-0.2, 0) is 23.1 Å². The maximum atomic E-state index is 13.9. The van der Waals surface area contributed by atoms with Crippen LogP contribution in [0.15, 0.2) is 65.7 Å². The van der Waals surface area contributed by atoms with Gasteiger partial charge >= 0.3 is 0 Å². The molecular weight excluding hydrogens is 437 g/mol. The Kier molecular flexibility index (Phi) is 5.72. The number of hydrogen-bond acceptors (Lipinski definition) is 6. The number of nitrogens with one attached hydrogen (secondary N) is 1. The SMILES string of the molecule is COc1ccc(CNS(=O)(=O)c2cc(F)ccc2CN2C(=O)c3cccnc3C2=O)cc1. The second-order valence-electron chi connectivity index (χ2n) is 7.02. The highest BCUT2D eigenvalue weighted by Crippen LogP contribution is 2.26. The second-order valence-corrected chi connectivity index (χ2v) is 8.76. The number of rotatable bonds is 7. The van der Waals surface area contributed by atoms with Gasteiger partial charge in [-0.1, -0.05) is 18.2 Å². The predicted molar refractivity (Wildman–Crippen MR) is 112 cm³/mol. The molecule has 0 saturated carbocycles. The maximum Gasteiger partial charge on any atom is 0.280 e. The predicted octanol–water partition coefficient (Wildman–Crippen LogP) is 2.50. The van der Waals surface area contributed by atoms with Crippen LogP contribution < -0.4 is 9.46 Å². The minimum Gasteiger partial charge on any atom is -0.497 e. The topological polar surface area (TPSA) is 106 Å². The lowest BCUT2D eigenvalue weighted by molar-refractivity contribution is 0.0639. The Hall–Kier alpha value is -3.63. The van der Waals surface area contributed by atoms with Crippen LogP contribution in [0.5, 0.6) is 5.75 Å². The van der Waals surface area contributed by atoms with Crippen molar-refractivity contribution in [2.45, 2.75) is 18.0 Å². The van der Waals surface area contributed by atoms with Crippen molar-refractivity contribution >= 4 is 21.8 Å². The quantitative estimate of drug-likeness (QED) is 0.549. The van der Waals surface area contributed by atoms with Gasteiger partial charge in [-0.3, -0.25) is 19.5 Å². The van der Waals surface area contributed by atoms with E-state index in [-0.39, 0.29) is 34.8 Å². The van der Waals surface area contributed by atoms with Gasteiger partial charge in [-0.05, 0) is 47.5 Å². The molecule has 2 heterocycles. The van der Waals surface area contributed by atoms with Crippen molar-refractivity contribution in [2.75, 3.05) is 7.11 Å². The fourth-order valence-electron chi connectivity index (χ4n) is 3.34. The van der Waals surface area contributed by atoms with Gasteiger partial charge in [0.05, 0.1) is 24.1 Å². The van der Waals surface area contributed by atoms with E-state index in [1.807, 2.05) is 0 Å². The fraction of sp³-hybridized carbons (Fsp3) is 0.136. The van der Waals surface area contributed by atoms with Crippen LogP contribution >= 0.6 is 0 Å². The first-order valence-electron chi connectivity index (χ1n) is 9.52. The molecule has 0 bridgehead atoms. The van der Waals surface area contributed by atoms with Crippen LogP contribution in [0.4, 0.5) is 4.39 Å². The Morgan fingerprint density at radius 2 is 1.81 bits per heavy atom. The molecule has 1 aromatic heterocycles. The lowest BCUT2D eigenvalue weighted by atomic mass is 10.2. The summed E-state index contributed by atoms with van der Waals surface area (Å²) in [4.78, 5) is 29.7. The van der Waals surface area contributed by atoms with E-state index in [0.29, 0.717) is 11.3 Å². The molecule has 1 aliphatic heterocycles. The molecule has 10 heteroatoms. The van der Waals surface area contributed by atoms with Crippen LogP contribution in [0.25, 0.3) is 0 Å². The maximum absolute atomic E-state index is 13.9. The largest absolute Gasteiger partial charge is 0.497 e. The molecule has 0 fully saturated rings. The molecule has 164 valence electrons. The summed E-state index contributed by atoms with van der Waals surface area (Å²) in [5, 5.41) is 0. The van der Waals surface area contributed by atoms with Gasteiger partial charge in [0.1, 0.15) is 17.3 Å². The summed E-state index contributed by atoms with van der Waals surface area (Å²) < 4.78 is 47.3. The molecule has 1 N–H and O–H groups in total. The van der Waals surface area contributed by atoms with E-state index < -0.39 is 27.7 Å². The molecule has 8 nitrogen and oxygen atoms in total. The first kappa shape index (κ1) is 21.6. The minimum atomic E-state index is -4.16. The number of aromatic nitrogens is 1. The molecule has 1 aliphatic rings. The summed E-state index contributed by atoms with van der Waals surface area (Å²) in [6.07, 6.45) is 1.39. The van der Waals surface area contributed by atoms with E-state index in [2.05, 4.69) is 9.71 Å². The molecule has 3 aromatic rings. The van der Waals surface area contributed by atoms with Gasteiger partial charge in [0.15, 0.2) is 0 Å². The zero-order valence-corrected chi connectivity index (χ0v) is 17.7. The molecule has 2 aromatic carbocycles. The summed E-state index contributed by atoms with van der Waals surface area (Å²) in [5.74, 6) is -1.36. The molecule has 0 unspecified atom stereocenters. The number of benzene rings is 2. The van der Waals surface area contributed by atoms with Crippen LogP contribution in [-0.4, -0.2) is 37.2 Å². The molecule has 0 aliphatic carbocycles. The van der Waals surface area contributed by atoms with Crippen molar-refractivity contribution in [3.05, 3.63) is 89.0 Å². The molecule has 0 atom stereocenters. The number of fused-ring (bicyclic) bond motifs is 1. The molecule has 0 spiro atoms. The third-order valence-corrected chi connectivity index (χ3v) is 6.49. The molecule has 0 radical (unpaired) electrons. The molecule has 2 amide bonds.